The third kappa shape index (κ3) is 7.67. The number of phenols is 2. The van der Waals surface area contributed by atoms with E-state index in [1.54, 1.807) is 0 Å². The van der Waals surface area contributed by atoms with Gasteiger partial charge >= 0.3 is 12.1 Å². The standard InChI is InChI=1S/C33H37NO15S2/c1-14-27(39)17(34-32(44)47-7-9-51-50-8-6-21(37)38)10-22(48-14)49-19-12-33(45,20(36)13-35)11-16-24(19)31(43)26-25(29(16)41)28(40)15-4-3-5-18(46-2)23(15)30(26)42/h3-5,14,17,19,22,27,35,39,41,43,45H,6-13H2,1-2H3,(H,34,44)(H,37,38)/t14-,17-,19-,22-,27+,33-/m0/s1. The number of ether oxygens (including phenoxy) is 4. The topological polar surface area (TPSA) is 256 Å². The third-order valence-corrected chi connectivity index (χ3v) is 11.3. The van der Waals surface area contributed by atoms with Crippen LogP contribution in [0, 0.1) is 0 Å². The number of rotatable bonds is 13. The van der Waals surface area contributed by atoms with Crippen LogP contribution in [-0.2, 0) is 30.2 Å². The highest BCUT2D eigenvalue weighted by molar-refractivity contribution is 8.76. The zero-order valence-electron chi connectivity index (χ0n) is 27.4. The van der Waals surface area contributed by atoms with Gasteiger partial charge in [-0.1, -0.05) is 33.7 Å². The van der Waals surface area contributed by atoms with E-state index in [0.717, 1.165) is 0 Å². The maximum Gasteiger partial charge on any atom is 0.407 e. The van der Waals surface area contributed by atoms with Crippen molar-refractivity contribution in [3.8, 4) is 17.2 Å². The van der Waals surface area contributed by atoms with Gasteiger partial charge in [-0.3, -0.25) is 19.2 Å². The first kappa shape index (κ1) is 38.3. The van der Waals surface area contributed by atoms with Crippen LogP contribution in [0.1, 0.15) is 75.3 Å². The number of aromatic hydroxyl groups is 2. The Hall–Kier alpha value is -3.91. The molecular formula is C33H37NO15S2. The molecule has 16 nitrogen and oxygen atoms in total. The van der Waals surface area contributed by atoms with Gasteiger partial charge in [-0.05, 0) is 13.0 Å². The first-order valence-electron chi connectivity index (χ1n) is 15.8. The number of hydrogen-bond acceptors (Lipinski definition) is 16. The molecular weight excluding hydrogens is 714 g/mol. The van der Waals surface area contributed by atoms with Crippen molar-refractivity contribution in [2.45, 2.75) is 68.9 Å². The first-order chi connectivity index (χ1) is 24.2. The van der Waals surface area contributed by atoms with Crippen molar-refractivity contribution in [1.82, 2.24) is 5.32 Å². The SMILES string of the molecule is COc1cccc2c1C(=O)c1c(O)c3c(c(O)c1C2=O)C[C@@](O)(C(=O)CO)C[C@@H]3O[C@H]1C[C@H](NC(=O)OCCSSCCC(=O)O)[C@H](O)[C@H](C)O1. The molecule has 7 N–H and O–H groups in total. The predicted octanol–water partition coefficient (Wildman–Crippen LogP) is 1.62. The lowest BCUT2D eigenvalue weighted by Crippen LogP contribution is -2.56. The number of aliphatic hydroxyl groups excluding tert-OH is 2. The highest BCUT2D eigenvalue weighted by Crippen LogP contribution is 2.52. The lowest BCUT2D eigenvalue weighted by Gasteiger charge is -2.42. The second-order valence-electron chi connectivity index (χ2n) is 12.2. The molecule has 51 heavy (non-hydrogen) atoms. The molecule has 6 atom stereocenters. The number of hydrogen-bond donors (Lipinski definition) is 7. The number of carboxylic acid groups (broad SMARTS) is 1. The number of carbonyl (C=O) groups is 5. The monoisotopic (exact) mass is 751 g/mol. The van der Waals surface area contributed by atoms with Crippen LogP contribution in [0.15, 0.2) is 18.2 Å². The Labute approximate surface area is 298 Å². The molecule has 1 aliphatic heterocycles. The van der Waals surface area contributed by atoms with Gasteiger partial charge in [-0.2, -0.15) is 0 Å². The van der Waals surface area contributed by atoms with Gasteiger partial charge in [0, 0.05) is 47.5 Å². The van der Waals surface area contributed by atoms with Crippen molar-refractivity contribution in [3.05, 3.63) is 51.6 Å². The molecule has 0 saturated carbocycles. The van der Waals surface area contributed by atoms with E-state index >= 15 is 0 Å². The van der Waals surface area contributed by atoms with Crippen molar-refractivity contribution in [2.24, 2.45) is 0 Å². The van der Waals surface area contributed by atoms with Crippen LogP contribution in [0.4, 0.5) is 4.79 Å². The van der Waals surface area contributed by atoms with Gasteiger partial charge in [0.25, 0.3) is 0 Å². The average Bonchev–Trinajstić information content (AvgIpc) is 3.09. The van der Waals surface area contributed by atoms with Gasteiger partial charge in [-0.25, -0.2) is 4.79 Å². The fraction of sp³-hybridized carbons (Fsp3) is 0.485. The molecule has 1 amide bonds. The fourth-order valence-corrected chi connectivity index (χ4v) is 8.27. The van der Waals surface area contributed by atoms with E-state index in [1.165, 1.54) is 53.8 Å². The number of methoxy groups -OCH3 is 1. The number of alkyl carbamates (subject to hydrolysis) is 1. The second kappa shape index (κ2) is 15.8. The third-order valence-electron chi connectivity index (χ3n) is 8.95. The van der Waals surface area contributed by atoms with Gasteiger partial charge in [0.1, 0.15) is 42.2 Å². The Kier molecular flexibility index (Phi) is 11.8. The number of ketones is 3. The van der Waals surface area contributed by atoms with Crippen molar-refractivity contribution in [2.75, 3.05) is 31.8 Å². The predicted molar refractivity (Wildman–Crippen MR) is 179 cm³/mol. The molecule has 0 aromatic heterocycles. The number of Topliss-reactive ketones (excluding diaryl/α,β-unsaturated/α-hetero) is 1. The molecule has 0 unspecified atom stereocenters. The Morgan fingerprint density at radius 3 is 2.45 bits per heavy atom. The normalized spacial score (nSPS) is 25.3. The zero-order chi connectivity index (χ0) is 37.2. The number of amides is 1. The largest absolute Gasteiger partial charge is 0.507 e. The van der Waals surface area contributed by atoms with Crippen LogP contribution in [0.25, 0.3) is 0 Å². The summed E-state index contributed by atoms with van der Waals surface area (Å²) in [6, 6.07) is 3.30. The highest BCUT2D eigenvalue weighted by Gasteiger charge is 2.50. The number of aliphatic carboxylic acids is 1. The minimum absolute atomic E-state index is 0.00389. The summed E-state index contributed by atoms with van der Waals surface area (Å²) in [5.74, 6) is -4.29. The summed E-state index contributed by atoms with van der Waals surface area (Å²) in [6.45, 7) is 0.407. The van der Waals surface area contributed by atoms with Crippen LogP contribution < -0.4 is 10.1 Å². The second-order valence-corrected chi connectivity index (χ2v) is 14.9. The molecule has 2 aromatic carbocycles. The Morgan fingerprint density at radius 1 is 1.06 bits per heavy atom. The van der Waals surface area contributed by atoms with Crippen LogP contribution in [0.2, 0.25) is 0 Å². The van der Waals surface area contributed by atoms with Crippen LogP contribution in [0.3, 0.4) is 0 Å². The number of fused-ring (bicyclic) bond motifs is 3. The van der Waals surface area contributed by atoms with Gasteiger partial charge in [0.15, 0.2) is 17.9 Å². The van der Waals surface area contributed by atoms with E-state index in [0.29, 0.717) is 11.5 Å². The van der Waals surface area contributed by atoms with E-state index < -0.39 is 108 Å². The summed E-state index contributed by atoms with van der Waals surface area (Å²) in [5, 5.41) is 66.4. The van der Waals surface area contributed by atoms with Crippen LogP contribution in [0.5, 0.6) is 17.2 Å². The summed E-state index contributed by atoms with van der Waals surface area (Å²) in [7, 11) is 3.94. The van der Waals surface area contributed by atoms with E-state index in [2.05, 4.69) is 5.32 Å². The average molecular weight is 752 g/mol. The molecule has 5 rings (SSSR count). The van der Waals surface area contributed by atoms with Crippen molar-refractivity contribution in [3.63, 3.8) is 0 Å². The number of carboxylic acids is 1. The summed E-state index contributed by atoms with van der Waals surface area (Å²) in [4.78, 5) is 63.5. The van der Waals surface area contributed by atoms with Crippen molar-refractivity contribution < 1.29 is 73.6 Å². The molecule has 0 radical (unpaired) electrons. The number of phenolic OH excluding ortho intramolecular Hbond substituents is 2. The Bertz CT molecular complexity index is 1730. The van der Waals surface area contributed by atoms with E-state index in [4.69, 9.17) is 24.1 Å². The van der Waals surface area contributed by atoms with Crippen LogP contribution >= 0.6 is 21.6 Å². The minimum Gasteiger partial charge on any atom is -0.507 e. The first-order valence-corrected chi connectivity index (χ1v) is 18.3. The van der Waals surface area contributed by atoms with Gasteiger partial charge in [0.2, 0.25) is 5.78 Å². The molecule has 0 spiro atoms. The molecule has 2 aromatic rings. The number of carbonyl (C=O) groups excluding carboxylic acids is 4. The highest BCUT2D eigenvalue weighted by atomic mass is 33.1. The molecule has 0 bridgehead atoms. The van der Waals surface area contributed by atoms with E-state index in [1.807, 2.05) is 0 Å². The fourth-order valence-electron chi connectivity index (χ4n) is 6.47. The molecule has 1 heterocycles. The number of nitrogens with one attached hydrogen (secondary N) is 1. The van der Waals surface area contributed by atoms with Crippen LogP contribution in [-0.4, -0.2) is 122 Å². The molecule has 1 fully saturated rings. The maximum absolute atomic E-state index is 13.9. The number of aliphatic hydroxyl groups is 3. The van der Waals surface area contributed by atoms with Crippen molar-refractivity contribution >= 4 is 51.0 Å². The Balaban J connectivity index is 1.41. The summed E-state index contributed by atoms with van der Waals surface area (Å²) >= 11 is 0. The smallest absolute Gasteiger partial charge is 0.407 e. The Morgan fingerprint density at radius 2 is 1.76 bits per heavy atom. The quantitative estimate of drug-likeness (QED) is 0.0744. The molecule has 276 valence electrons. The van der Waals surface area contributed by atoms with E-state index in [-0.39, 0.29) is 47.5 Å². The molecule has 1 saturated heterocycles. The zero-order valence-corrected chi connectivity index (χ0v) is 29.1. The summed E-state index contributed by atoms with van der Waals surface area (Å²) in [6.07, 6.45) is -7.20. The summed E-state index contributed by atoms with van der Waals surface area (Å²) < 4.78 is 22.5. The summed E-state index contributed by atoms with van der Waals surface area (Å²) in [5.41, 5.74) is -4.12. The lowest BCUT2D eigenvalue weighted by molar-refractivity contribution is -0.249. The lowest BCUT2D eigenvalue weighted by atomic mass is 9.72. The minimum atomic E-state index is -2.35. The number of benzene rings is 2. The molecule has 18 heteroatoms. The van der Waals surface area contributed by atoms with Gasteiger partial charge < -0.3 is 54.9 Å². The van der Waals surface area contributed by atoms with Gasteiger partial charge in [-0.15, -0.1) is 0 Å². The maximum atomic E-state index is 13.9. The van der Waals surface area contributed by atoms with E-state index in [9.17, 15) is 49.5 Å². The van der Waals surface area contributed by atoms with Gasteiger partial charge in [0.05, 0.1) is 48.5 Å². The van der Waals surface area contributed by atoms with Crippen molar-refractivity contribution in [1.29, 1.82) is 0 Å². The molecule has 3 aliphatic rings. The molecule has 2 aliphatic carbocycles.